The molecule has 1 unspecified atom stereocenters. The highest BCUT2D eigenvalue weighted by atomic mass is 16.6. The van der Waals surface area contributed by atoms with Crippen LogP contribution in [0.3, 0.4) is 0 Å². The Hall–Kier alpha value is -0.870. The zero-order valence-electron chi connectivity index (χ0n) is 8.69. The first kappa shape index (κ1) is 13.1. The van der Waals surface area contributed by atoms with Gasteiger partial charge in [0.25, 0.3) is 0 Å². The molecule has 0 spiro atoms. The van der Waals surface area contributed by atoms with Crippen LogP contribution in [0.4, 0.5) is 0 Å². The summed E-state index contributed by atoms with van der Waals surface area (Å²) in [5.41, 5.74) is 0.478. The van der Waals surface area contributed by atoms with E-state index in [0.717, 1.165) is 0 Å². The third kappa shape index (κ3) is 5.72. The van der Waals surface area contributed by atoms with Crippen LogP contribution in [0.5, 0.6) is 0 Å². The predicted molar refractivity (Wildman–Crippen MR) is 52.5 cm³/mol. The molecule has 82 valence electrons. The van der Waals surface area contributed by atoms with Crippen LogP contribution in [0.25, 0.3) is 0 Å². The van der Waals surface area contributed by atoms with E-state index in [0.29, 0.717) is 24.8 Å². The molecule has 0 saturated carbocycles. The zero-order chi connectivity index (χ0) is 11.0. The van der Waals surface area contributed by atoms with Crippen molar-refractivity contribution in [3.05, 3.63) is 11.6 Å². The van der Waals surface area contributed by atoms with Crippen molar-refractivity contribution in [2.75, 3.05) is 6.61 Å². The summed E-state index contributed by atoms with van der Waals surface area (Å²) >= 11 is 0. The van der Waals surface area contributed by atoms with Crippen molar-refractivity contribution in [3.8, 4) is 0 Å². The van der Waals surface area contributed by atoms with Gasteiger partial charge in [-0.2, -0.15) is 0 Å². The van der Waals surface area contributed by atoms with Gasteiger partial charge in [0, 0.05) is 18.6 Å². The molecule has 1 atom stereocenters. The highest BCUT2D eigenvalue weighted by molar-refractivity contribution is 5.87. The van der Waals surface area contributed by atoms with Gasteiger partial charge in [0.15, 0.2) is 0 Å². The number of carbonyl (C=O) groups excluding carboxylic acids is 1. The molecule has 0 aliphatic carbocycles. The number of esters is 1. The molecule has 0 fully saturated rings. The number of ether oxygens (including phenoxy) is 1. The Kier molecular flexibility index (Phi) is 7.06. The summed E-state index contributed by atoms with van der Waals surface area (Å²) in [6.07, 6.45) is 2.17. The molecule has 2 N–H and O–H groups in total. The van der Waals surface area contributed by atoms with Crippen LogP contribution in [-0.4, -0.2) is 29.1 Å². The molecule has 0 aromatic rings. The van der Waals surface area contributed by atoms with Crippen molar-refractivity contribution in [2.24, 2.45) is 0 Å². The Morgan fingerprint density at radius 1 is 1.50 bits per heavy atom. The van der Waals surface area contributed by atoms with E-state index in [-0.39, 0.29) is 6.61 Å². The number of aliphatic hydroxyl groups excluding tert-OH is 2. The molecule has 0 amide bonds. The van der Waals surface area contributed by atoms with E-state index >= 15 is 0 Å². The van der Waals surface area contributed by atoms with Gasteiger partial charge in [-0.1, -0.05) is 6.08 Å². The molecule has 0 rings (SSSR count). The predicted octanol–water partition coefficient (Wildman–Crippen LogP) is 0.977. The third-order valence-electron chi connectivity index (χ3n) is 1.86. The van der Waals surface area contributed by atoms with Crippen molar-refractivity contribution in [2.45, 2.75) is 39.4 Å². The number of rotatable bonds is 6. The molecule has 0 saturated heterocycles. The Labute approximate surface area is 84.2 Å². The van der Waals surface area contributed by atoms with E-state index in [1.807, 2.05) is 0 Å². The van der Waals surface area contributed by atoms with Crippen LogP contribution in [0.1, 0.15) is 33.1 Å². The molecule has 0 bridgehead atoms. The maximum Gasteiger partial charge on any atom is 0.335 e. The van der Waals surface area contributed by atoms with Crippen LogP contribution in [0.15, 0.2) is 11.6 Å². The van der Waals surface area contributed by atoms with Gasteiger partial charge in [-0.25, -0.2) is 4.79 Å². The van der Waals surface area contributed by atoms with Crippen molar-refractivity contribution < 1.29 is 19.7 Å². The molecule has 0 aromatic heterocycles. The van der Waals surface area contributed by atoms with E-state index < -0.39 is 12.3 Å². The Morgan fingerprint density at radius 2 is 2.14 bits per heavy atom. The summed E-state index contributed by atoms with van der Waals surface area (Å²) in [5, 5.41) is 17.7. The molecule has 0 aromatic carbocycles. The Morgan fingerprint density at radius 3 is 2.64 bits per heavy atom. The molecule has 14 heavy (non-hydrogen) atoms. The summed E-state index contributed by atoms with van der Waals surface area (Å²) in [5.74, 6) is -0.496. The van der Waals surface area contributed by atoms with E-state index in [1.54, 1.807) is 19.9 Å². The average Bonchev–Trinajstić information content (AvgIpc) is 2.16. The van der Waals surface area contributed by atoms with Crippen molar-refractivity contribution in [1.82, 2.24) is 0 Å². The standard InChI is InChI=1S/C10H18O4/c1-3-8(2)10(13)14-9(12)6-4-5-7-11/h3,9,11-12H,4-7H2,1-2H3. The first-order valence-electron chi connectivity index (χ1n) is 4.74. The fraction of sp³-hybridized carbons (Fsp3) is 0.700. The van der Waals surface area contributed by atoms with Gasteiger partial charge in [0.1, 0.15) is 0 Å². The van der Waals surface area contributed by atoms with E-state index in [9.17, 15) is 9.90 Å². The summed E-state index contributed by atoms with van der Waals surface area (Å²) in [6, 6.07) is 0. The van der Waals surface area contributed by atoms with E-state index in [2.05, 4.69) is 0 Å². The largest absolute Gasteiger partial charge is 0.433 e. The van der Waals surface area contributed by atoms with Crippen molar-refractivity contribution in [3.63, 3.8) is 0 Å². The number of hydrogen-bond acceptors (Lipinski definition) is 4. The lowest BCUT2D eigenvalue weighted by Gasteiger charge is -2.11. The average molecular weight is 202 g/mol. The number of hydrogen-bond donors (Lipinski definition) is 2. The SMILES string of the molecule is CC=C(C)C(=O)OC(O)CCCCO. The Balaban J connectivity index is 3.71. The van der Waals surface area contributed by atoms with Crippen LogP contribution in [0.2, 0.25) is 0 Å². The first-order chi connectivity index (χ1) is 6.61. The molecule has 0 radical (unpaired) electrons. The maximum absolute atomic E-state index is 11.1. The van der Waals surface area contributed by atoms with Gasteiger partial charge in [-0.3, -0.25) is 0 Å². The highest BCUT2D eigenvalue weighted by Crippen LogP contribution is 2.05. The second-order valence-corrected chi connectivity index (χ2v) is 3.05. The molecular formula is C10H18O4. The minimum atomic E-state index is -1.07. The molecule has 4 nitrogen and oxygen atoms in total. The van der Waals surface area contributed by atoms with Crippen molar-refractivity contribution >= 4 is 5.97 Å². The maximum atomic E-state index is 11.1. The van der Waals surface area contributed by atoms with Gasteiger partial charge in [-0.05, 0) is 26.7 Å². The third-order valence-corrected chi connectivity index (χ3v) is 1.86. The molecule has 0 aliphatic rings. The lowest BCUT2D eigenvalue weighted by molar-refractivity contribution is -0.163. The fourth-order valence-electron chi connectivity index (χ4n) is 0.824. The Bertz CT molecular complexity index is 198. The van der Waals surface area contributed by atoms with Crippen LogP contribution in [0, 0.1) is 0 Å². The second kappa shape index (κ2) is 7.53. The van der Waals surface area contributed by atoms with Crippen LogP contribution >= 0.6 is 0 Å². The second-order valence-electron chi connectivity index (χ2n) is 3.05. The lowest BCUT2D eigenvalue weighted by atomic mass is 10.2. The van der Waals surface area contributed by atoms with Gasteiger partial charge in [0.2, 0.25) is 6.29 Å². The normalized spacial score (nSPS) is 13.9. The number of unbranched alkanes of at least 4 members (excludes halogenated alkanes) is 1. The summed E-state index contributed by atoms with van der Waals surface area (Å²) < 4.78 is 4.72. The molecular weight excluding hydrogens is 184 g/mol. The zero-order valence-corrected chi connectivity index (χ0v) is 8.69. The van der Waals surface area contributed by atoms with Gasteiger partial charge >= 0.3 is 5.97 Å². The fourth-order valence-corrected chi connectivity index (χ4v) is 0.824. The van der Waals surface area contributed by atoms with E-state index in [1.165, 1.54) is 0 Å². The van der Waals surface area contributed by atoms with Gasteiger partial charge < -0.3 is 14.9 Å². The van der Waals surface area contributed by atoms with Crippen molar-refractivity contribution in [1.29, 1.82) is 0 Å². The highest BCUT2D eigenvalue weighted by Gasteiger charge is 2.11. The summed E-state index contributed by atoms with van der Waals surface area (Å²) in [4.78, 5) is 11.1. The van der Waals surface area contributed by atoms with E-state index in [4.69, 9.17) is 9.84 Å². The monoisotopic (exact) mass is 202 g/mol. The van der Waals surface area contributed by atoms with Gasteiger partial charge in [0.05, 0.1) is 0 Å². The number of allylic oxidation sites excluding steroid dienone is 1. The summed E-state index contributed by atoms with van der Waals surface area (Å²) in [7, 11) is 0. The molecule has 0 heterocycles. The minimum Gasteiger partial charge on any atom is -0.433 e. The smallest absolute Gasteiger partial charge is 0.335 e. The first-order valence-corrected chi connectivity index (χ1v) is 4.74. The lowest BCUT2D eigenvalue weighted by Crippen LogP contribution is -2.18. The van der Waals surface area contributed by atoms with Gasteiger partial charge in [-0.15, -0.1) is 0 Å². The van der Waals surface area contributed by atoms with Crippen LogP contribution in [-0.2, 0) is 9.53 Å². The number of aliphatic hydroxyl groups is 2. The molecule has 0 aliphatic heterocycles. The quantitative estimate of drug-likeness (QED) is 0.291. The topological polar surface area (TPSA) is 66.8 Å². The molecule has 4 heteroatoms. The number of carbonyl (C=O) groups is 1. The van der Waals surface area contributed by atoms with Crippen LogP contribution < -0.4 is 0 Å². The summed E-state index contributed by atoms with van der Waals surface area (Å²) in [6.45, 7) is 3.45. The minimum absolute atomic E-state index is 0.0918.